The van der Waals surface area contributed by atoms with Crippen molar-refractivity contribution in [2.45, 2.75) is 26.1 Å². The summed E-state index contributed by atoms with van der Waals surface area (Å²) in [6, 6.07) is 16.7. The summed E-state index contributed by atoms with van der Waals surface area (Å²) in [5.41, 5.74) is 7.24. The third-order valence-corrected chi connectivity index (χ3v) is 3.86. The van der Waals surface area contributed by atoms with E-state index in [1.165, 1.54) is 16.7 Å². The van der Waals surface area contributed by atoms with Crippen LogP contribution in [-0.4, -0.2) is 10.8 Å². The lowest BCUT2D eigenvalue weighted by Gasteiger charge is -2.15. The lowest BCUT2D eigenvalue weighted by Crippen LogP contribution is -2.31. The highest BCUT2D eigenvalue weighted by Gasteiger charge is 2.17. The second-order valence-electron chi connectivity index (χ2n) is 5.47. The Morgan fingerprint density at radius 3 is 2.14 bits per heavy atom. The van der Waals surface area contributed by atoms with E-state index < -0.39 is 0 Å². The Bertz CT molecular complexity index is 612. The van der Waals surface area contributed by atoms with E-state index in [0.29, 0.717) is 6.42 Å². The molecule has 2 aromatic rings. The molecule has 0 radical (unpaired) electrons. The fraction of sp³-hybridized carbons (Fsp3) is 0.235. The van der Waals surface area contributed by atoms with Crippen LogP contribution in [0.2, 0.25) is 0 Å². The SMILES string of the molecule is NNC(=O)Cc1ccc(CN2Cc3ccccc3C2)cc1. The van der Waals surface area contributed by atoms with Crippen molar-refractivity contribution >= 4 is 5.91 Å². The molecule has 0 atom stereocenters. The van der Waals surface area contributed by atoms with Gasteiger partial charge in [-0.3, -0.25) is 15.1 Å². The van der Waals surface area contributed by atoms with Gasteiger partial charge in [0.25, 0.3) is 0 Å². The summed E-state index contributed by atoms with van der Waals surface area (Å²) in [6.07, 6.45) is 0.325. The van der Waals surface area contributed by atoms with Crippen molar-refractivity contribution in [1.29, 1.82) is 0 Å². The predicted molar refractivity (Wildman–Crippen MR) is 81.9 cm³/mol. The normalized spacial score (nSPS) is 14.0. The molecule has 3 rings (SSSR count). The first-order valence-electron chi connectivity index (χ1n) is 7.11. The van der Waals surface area contributed by atoms with Gasteiger partial charge in [0.05, 0.1) is 6.42 Å². The zero-order valence-corrected chi connectivity index (χ0v) is 11.9. The van der Waals surface area contributed by atoms with Gasteiger partial charge in [-0.25, -0.2) is 5.84 Å². The van der Waals surface area contributed by atoms with E-state index in [0.717, 1.165) is 25.2 Å². The summed E-state index contributed by atoms with van der Waals surface area (Å²) in [4.78, 5) is 13.6. The van der Waals surface area contributed by atoms with Gasteiger partial charge in [-0.05, 0) is 22.3 Å². The molecule has 2 aromatic carbocycles. The monoisotopic (exact) mass is 281 g/mol. The van der Waals surface area contributed by atoms with Crippen LogP contribution in [0, 0.1) is 0 Å². The molecule has 108 valence electrons. The number of nitrogens with one attached hydrogen (secondary N) is 1. The first kappa shape index (κ1) is 13.8. The Labute approximate surface area is 124 Å². The molecule has 0 bridgehead atoms. The molecule has 0 aliphatic carbocycles. The van der Waals surface area contributed by atoms with Gasteiger partial charge >= 0.3 is 0 Å². The van der Waals surface area contributed by atoms with Gasteiger partial charge in [0.1, 0.15) is 0 Å². The highest BCUT2D eigenvalue weighted by molar-refractivity contribution is 5.77. The van der Waals surface area contributed by atoms with Gasteiger partial charge in [0.2, 0.25) is 5.91 Å². The highest BCUT2D eigenvalue weighted by Crippen LogP contribution is 2.23. The van der Waals surface area contributed by atoms with Gasteiger partial charge in [-0.15, -0.1) is 0 Å². The Balaban J connectivity index is 1.61. The van der Waals surface area contributed by atoms with E-state index in [2.05, 4.69) is 46.7 Å². The van der Waals surface area contributed by atoms with E-state index in [-0.39, 0.29) is 5.91 Å². The van der Waals surface area contributed by atoms with Crippen molar-refractivity contribution in [3.05, 3.63) is 70.8 Å². The summed E-state index contributed by atoms with van der Waals surface area (Å²) in [6.45, 7) is 2.94. The molecule has 1 amide bonds. The first-order chi connectivity index (χ1) is 10.2. The molecule has 0 aromatic heterocycles. The van der Waals surface area contributed by atoms with Crippen LogP contribution < -0.4 is 11.3 Å². The minimum absolute atomic E-state index is 0.169. The molecule has 21 heavy (non-hydrogen) atoms. The van der Waals surface area contributed by atoms with Crippen molar-refractivity contribution in [3.63, 3.8) is 0 Å². The number of hydrogen-bond acceptors (Lipinski definition) is 3. The molecule has 0 spiro atoms. The molecular formula is C17H19N3O. The second kappa shape index (κ2) is 6.08. The molecule has 1 aliphatic rings. The molecule has 0 saturated carbocycles. The molecular weight excluding hydrogens is 262 g/mol. The van der Waals surface area contributed by atoms with Crippen LogP contribution in [0.15, 0.2) is 48.5 Å². The largest absolute Gasteiger partial charge is 0.294 e. The van der Waals surface area contributed by atoms with Gasteiger partial charge < -0.3 is 0 Å². The molecule has 0 saturated heterocycles. The molecule has 1 aliphatic heterocycles. The minimum atomic E-state index is -0.169. The Morgan fingerprint density at radius 1 is 1.00 bits per heavy atom. The standard InChI is InChI=1S/C17H19N3O/c18-19-17(21)9-13-5-7-14(8-6-13)10-20-11-15-3-1-2-4-16(15)12-20/h1-8H,9-12,18H2,(H,19,21). The third-order valence-electron chi connectivity index (χ3n) is 3.86. The maximum atomic E-state index is 11.2. The number of fused-ring (bicyclic) bond motifs is 1. The van der Waals surface area contributed by atoms with Crippen molar-refractivity contribution in [2.24, 2.45) is 5.84 Å². The average molecular weight is 281 g/mol. The van der Waals surface area contributed by atoms with Crippen LogP contribution in [0.1, 0.15) is 22.3 Å². The van der Waals surface area contributed by atoms with Gasteiger partial charge in [-0.1, -0.05) is 48.5 Å². The highest BCUT2D eigenvalue weighted by atomic mass is 16.2. The van der Waals surface area contributed by atoms with E-state index >= 15 is 0 Å². The average Bonchev–Trinajstić information content (AvgIpc) is 2.91. The van der Waals surface area contributed by atoms with Gasteiger partial charge in [-0.2, -0.15) is 0 Å². The summed E-state index contributed by atoms with van der Waals surface area (Å²) in [7, 11) is 0. The Hall–Kier alpha value is -2.17. The van der Waals surface area contributed by atoms with Crippen LogP contribution in [0.4, 0.5) is 0 Å². The number of carbonyl (C=O) groups excluding carboxylic acids is 1. The van der Waals surface area contributed by atoms with Crippen molar-refractivity contribution in [2.75, 3.05) is 0 Å². The molecule has 0 fully saturated rings. The first-order valence-corrected chi connectivity index (χ1v) is 7.11. The number of nitrogens with zero attached hydrogens (tertiary/aromatic N) is 1. The molecule has 4 heteroatoms. The van der Waals surface area contributed by atoms with E-state index in [1.54, 1.807) is 0 Å². The smallest absolute Gasteiger partial charge is 0.238 e. The lowest BCUT2D eigenvalue weighted by molar-refractivity contribution is -0.120. The van der Waals surface area contributed by atoms with Crippen molar-refractivity contribution in [3.8, 4) is 0 Å². The number of rotatable bonds is 4. The van der Waals surface area contributed by atoms with Crippen LogP contribution >= 0.6 is 0 Å². The summed E-state index contributed by atoms with van der Waals surface area (Å²) in [5.74, 6) is 4.93. The molecule has 0 unspecified atom stereocenters. The predicted octanol–water partition coefficient (Wildman–Crippen LogP) is 1.73. The van der Waals surface area contributed by atoms with Crippen LogP contribution in [0.5, 0.6) is 0 Å². The van der Waals surface area contributed by atoms with Gasteiger partial charge in [0.15, 0.2) is 0 Å². The summed E-state index contributed by atoms with van der Waals surface area (Å²) in [5, 5.41) is 0. The van der Waals surface area contributed by atoms with E-state index in [1.807, 2.05) is 12.1 Å². The fourth-order valence-corrected chi connectivity index (χ4v) is 2.77. The van der Waals surface area contributed by atoms with Crippen LogP contribution in [0.3, 0.4) is 0 Å². The second-order valence-corrected chi connectivity index (χ2v) is 5.47. The van der Waals surface area contributed by atoms with Crippen LogP contribution in [-0.2, 0) is 30.8 Å². The van der Waals surface area contributed by atoms with E-state index in [4.69, 9.17) is 5.84 Å². The number of carbonyl (C=O) groups is 1. The molecule has 1 heterocycles. The maximum absolute atomic E-state index is 11.2. The zero-order valence-electron chi connectivity index (χ0n) is 11.9. The quantitative estimate of drug-likeness (QED) is 0.510. The lowest BCUT2D eigenvalue weighted by atomic mass is 10.1. The van der Waals surface area contributed by atoms with Crippen LogP contribution in [0.25, 0.3) is 0 Å². The summed E-state index contributed by atoms with van der Waals surface area (Å²) < 4.78 is 0. The van der Waals surface area contributed by atoms with Gasteiger partial charge in [0, 0.05) is 19.6 Å². The number of nitrogens with two attached hydrogens (primary N) is 1. The number of benzene rings is 2. The number of amides is 1. The fourth-order valence-electron chi connectivity index (χ4n) is 2.77. The Kier molecular flexibility index (Phi) is 3.99. The maximum Gasteiger partial charge on any atom is 0.238 e. The minimum Gasteiger partial charge on any atom is -0.294 e. The van der Waals surface area contributed by atoms with Crippen molar-refractivity contribution in [1.82, 2.24) is 10.3 Å². The van der Waals surface area contributed by atoms with Crippen molar-refractivity contribution < 1.29 is 4.79 Å². The Morgan fingerprint density at radius 2 is 1.57 bits per heavy atom. The van der Waals surface area contributed by atoms with E-state index in [9.17, 15) is 4.79 Å². The zero-order chi connectivity index (χ0) is 14.7. The molecule has 4 nitrogen and oxygen atoms in total. The number of hydrogen-bond donors (Lipinski definition) is 2. The summed E-state index contributed by atoms with van der Waals surface area (Å²) >= 11 is 0. The topological polar surface area (TPSA) is 58.4 Å². The number of hydrazine groups is 1. The molecule has 3 N–H and O–H groups in total. The third kappa shape index (κ3) is 3.29.